The molecule has 0 aromatic carbocycles. The Hall–Kier alpha value is -0.830. The van der Waals surface area contributed by atoms with Crippen molar-refractivity contribution >= 4 is 0 Å². The van der Waals surface area contributed by atoms with Crippen molar-refractivity contribution in [2.45, 2.75) is 57.4 Å². The lowest BCUT2D eigenvalue weighted by atomic mass is 9.87. The van der Waals surface area contributed by atoms with Gasteiger partial charge in [0.1, 0.15) is 0 Å². The molecule has 1 unspecified atom stereocenters. The van der Waals surface area contributed by atoms with Gasteiger partial charge >= 0.3 is 0 Å². The second kappa shape index (κ2) is 5.00. The van der Waals surface area contributed by atoms with Gasteiger partial charge in [-0.1, -0.05) is 19.3 Å². The summed E-state index contributed by atoms with van der Waals surface area (Å²) in [4.78, 5) is 0. The molecule has 2 N–H and O–H groups in total. The zero-order valence-electron chi connectivity index (χ0n) is 10.4. The number of hydrogen-bond acceptors (Lipinski definition) is 2. The van der Waals surface area contributed by atoms with Crippen LogP contribution in [0.3, 0.4) is 0 Å². The first-order valence-corrected chi connectivity index (χ1v) is 6.45. The molecular formula is C13H23N3. The molecule has 2 rings (SSSR count). The highest BCUT2D eigenvalue weighted by Gasteiger charge is 2.19. The van der Waals surface area contributed by atoms with Crippen LogP contribution in [-0.2, 0) is 13.5 Å². The Bertz CT molecular complexity index is 335. The number of hydrogen-bond donors (Lipinski definition) is 1. The Labute approximate surface area is 98.0 Å². The lowest BCUT2D eigenvalue weighted by molar-refractivity contribution is 0.424. The highest BCUT2D eigenvalue weighted by atomic mass is 15.3. The fourth-order valence-corrected chi connectivity index (χ4v) is 2.75. The molecule has 1 fully saturated rings. The van der Waals surface area contributed by atoms with E-state index in [-0.39, 0.29) is 6.04 Å². The molecule has 0 radical (unpaired) electrons. The summed E-state index contributed by atoms with van der Waals surface area (Å²) in [6, 6.07) is 2.47. The Kier molecular flexibility index (Phi) is 3.64. The van der Waals surface area contributed by atoms with Crippen LogP contribution in [0.15, 0.2) is 6.07 Å². The lowest BCUT2D eigenvalue weighted by Gasteiger charge is -2.21. The Morgan fingerprint density at radius 2 is 2.12 bits per heavy atom. The van der Waals surface area contributed by atoms with Crippen LogP contribution >= 0.6 is 0 Å². The molecule has 1 aromatic heterocycles. The van der Waals surface area contributed by atoms with Crippen LogP contribution in [0.25, 0.3) is 0 Å². The molecule has 0 amide bonds. The molecule has 1 atom stereocenters. The molecule has 0 aliphatic heterocycles. The fourth-order valence-electron chi connectivity index (χ4n) is 2.75. The third kappa shape index (κ3) is 2.64. The van der Waals surface area contributed by atoms with Gasteiger partial charge in [-0.2, -0.15) is 5.10 Å². The van der Waals surface area contributed by atoms with E-state index in [0.29, 0.717) is 0 Å². The molecule has 1 aliphatic carbocycles. The van der Waals surface area contributed by atoms with Gasteiger partial charge in [-0.25, -0.2) is 0 Å². The van der Waals surface area contributed by atoms with E-state index in [1.165, 1.54) is 37.8 Å². The lowest BCUT2D eigenvalue weighted by Crippen LogP contribution is -2.18. The largest absolute Gasteiger partial charge is 0.328 e. The van der Waals surface area contributed by atoms with Crippen molar-refractivity contribution < 1.29 is 0 Å². The molecule has 1 aromatic rings. The van der Waals surface area contributed by atoms with E-state index in [9.17, 15) is 0 Å². The molecule has 1 aliphatic rings. The highest BCUT2D eigenvalue weighted by Crippen LogP contribution is 2.32. The highest BCUT2D eigenvalue weighted by molar-refractivity contribution is 5.16. The Morgan fingerprint density at radius 3 is 2.75 bits per heavy atom. The molecule has 1 saturated carbocycles. The van der Waals surface area contributed by atoms with Gasteiger partial charge in [-0.05, 0) is 25.8 Å². The molecule has 0 bridgehead atoms. The van der Waals surface area contributed by atoms with Gasteiger partial charge in [0.25, 0.3) is 0 Å². The first kappa shape index (κ1) is 11.6. The van der Waals surface area contributed by atoms with Gasteiger partial charge in [-0.3, -0.25) is 4.68 Å². The molecule has 90 valence electrons. The summed E-state index contributed by atoms with van der Waals surface area (Å²) in [5.74, 6) is 0.730. The summed E-state index contributed by atoms with van der Waals surface area (Å²) < 4.78 is 2.06. The van der Waals surface area contributed by atoms with Crippen LogP contribution in [0.2, 0.25) is 0 Å². The maximum atomic E-state index is 5.81. The zero-order valence-corrected chi connectivity index (χ0v) is 10.4. The van der Waals surface area contributed by atoms with Crippen LogP contribution in [0.4, 0.5) is 0 Å². The van der Waals surface area contributed by atoms with Crippen molar-refractivity contribution in [1.29, 1.82) is 0 Å². The first-order chi connectivity index (χ1) is 7.66. The molecule has 0 spiro atoms. The van der Waals surface area contributed by atoms with Crippen molar-refractivity contribution in [2.24, 2.45) is 12.8 Å². The molecule has 3 heteroatoms. The smallest absolute Gasteiger partial charge is 0.0642 e. The Morgan fingerprint density at radius 1 is 1.44 bits per heavy atom. The number of nitrogens with two attached hydrogens (primary N) is 1. The summed E-state index contributed by atoms with van der Waals surface area (Å²) in [6.45, 7) is 2.04. The summed E-state index contributed by atoms with van der Waals surface area (Å²) in [7, 11) is 2.06. The normalized spacial score (nSPS) is 19.9. The average Bonchev–Trinajstić information content (AvgIpc) is 2.60. The maximum absolute atomic E-state index is 5.81. The van der Waals surface area contributed by atoms with Gasteiger partial charge in [-0.15, -0.1) is 0 Å². The predicted molar refractivity (Wildman–Crippen MR) is 66.4 cm³/mol. The average molecular weight is 221 g/mol. The van der Waals surface area contributed by atoms with Gasteiger partial charge in [0.15, 0.2) is 0 Å². The zero-order chi connectivity index (χ0) is 11.5. The number of aryl methyl sites for hydroxylation is 1. The molecule has 1 heterocycles. The van der Waals surface area contributed by atoms with Gasteiger partial charge < -0.3 is 5.73 Å². The van der Waals surface area contributed by atoms with E-state index in [4.69, 9.17) is 5.73 Å². The van der Waals surface area contributed by atoms with E-state index >= 15 is 0 Å². The molecular weight excluding hydrogens is 198 g/mol. The summed E-state index contributed by atoms with van der Waals surface area (Å²) in [5.41, 5.74) is 8.38. The SMILES string of the molecule is CC(N)Cc1cc(C2CCCCC2)n(C)n1. The summed E-state index contributed by atoms with van der Waals surface area (Å²) >= 11 is 0. The standard InChI is InChI=1S/C13H23N3/c1-10(14)8-12-9-13(16(2)15-12)11-6-4-3-5-7-11/h9-11H,3-8,14H2,1-2H3. The van der Waals surface area contributed by atoms with E-state index in [1.54, 1.807) is 0 Å². The number of nitrogens with zero attached hydrogens (tertiary/aromatic N) is 2. The van der Waals surface area contributed by atoms with Crippen LogP contribution in [0.1, 0.15) is 56.3 Å². The molecule has 0 saturated heterocycles. The fraction of sp³-hybridized carbons (Fsp3) is 0.769. The monoisotopic (exact) mass is 221 g/mol. The van der Waals surface area contributed by atoms with Gasteiger partial charge in [0.2, 0.25) is 0 Å². The third-order valence-electron chi connectivity index (χ3n) is 3.52. The van der Waals surface area contributed by atoms with E-state index in [0.717, 1.165) is 18.0 Å². The quantitative estimate of drug-likeness (QED) is 0.851. The van der Waals surface area contributed by atoms with Crippen molar-refractivity contribution in [2.75, 3.05) is 0 Å². The van der Waals surface area contributed by atoms with E-state index < -0.39 is 0 Å². The minimum atomic E-state index is 0.203. The molecule has 3 nitrogen and oxygen atoms in total. The maximum Gasteiger partial charge on any atom is 0.0642 e. The number of rotatable bonds is 3. The second-order valence-corrected chi connectivity index (χ2v) is 5.20. The van der Waals surface area contributed by atoms with Crippen LogP contribution in [-0.4, -0.2) is 15.8 Å². The van der Waals surface area contributed by atoms with Crippen LogP contribution in [0.5, 0.6) is 0 Å². The second-order valence-electron chi connectivity index (χ2n) is 5.20. The summed E-state index contributed by atoms with van der Waals surface area (Å²) in [5, 5.41) is 4.56. The first-order valence-electron chi connectivity index (χ1n) is 6.45. The minimum absolute atomic E-state index is 0.203. The number of aromatic nitrogens is 2. The third-order valence-corrected chi connectivity index (χ3v) is 3.52. The van der Waals surface area contributed by atoms with Gasteiger partial charge in [0, 0.05) is 31.1 Å². The Balaban J connectivity index is 2.10. The van der Waals surface area contributed by atoms with Crippen molar-refractivity contribution in [3.63, 3.8) is 0 Å². The van der Waals surface area contributed by atoms with Crippen LogP contribution < -0.4 is 5.73 Å². The van der Waals surface area contributed by atoms with Gasteiger partial charge in [0.05, 0.1) is 5.69 Å². The topological polar surface area (TPSA) is 43.8 Å². The predicted octanol–water partition coefficient (Wildman–Crippen LogP) is 2.36. The van der Waals surface area contributed by atoms with E-state index in [2.05, 4.69) is 22.9 Å². The van der Waals surface area contributed by atoms with Crippen molar-refractivity contribution in [3.8, 4) is 0 Å². The molecule has 16 heavy (non-hydrogen) atoms. The summed E-state index contributed by atoms with van der Waals surface area (Å²) in [6.07, 6.45) is 7.70. The van der Waals surface area contributed by atoms with E-state index in [1.807, 2.05) is 6.92 Å². The van der Waals surface area contributed by atoms with Crippen LogP contribution in [0, 0.1) is 0 Å². The van der Waals surface area contributed by atoms with Crippen molar-refractivity contribution in [1.82, 2.24) is 9.78 Å². The van der Waals surface area contributed by atoms with Crippen molar-refractivity contribution in [3.05, 3.63) is 17.5 Å². The minimum Gasteiger partial charge on any atom is -0.328 e.